The fourth-order valence-corrected chi connectivity index (χ4v) is 9.25. The first kappa shape index (κ1) is 21.5. The molecule has 0 fully saturated rings. The van der Waals surface area contributed by atoms with Crippen LogP contribution in [0.2, 0.25) is 0 Å². The van der Waals surface area contributed by atoms with Crippen LogP contribution in [0.15, 0.2) is 152 Å². The minimum atomic E-state index is -2.13. The minimum absolute atomic E-state index is 0.998. The molecule has 6 rings (SSSR count). The molecule has 0 aliphatic carbocycles. The van der Waals surface area contributed by atoms with Crippen molar-refractivity contribution < 1.29 is 0 Å². The Kier molecular flexibility index (Phi) is 5.70. The highest BCUT2D eigenvalue weighted by atomic mass is 31.2. The minimum Gasteiger partial charge on any atom is -0.256 e. The number of nitrogens with zero attached hydrogens (tertiary/aromatic N) is 1. The Labute approximate surface area is 207 Å². The normalized spacial score (nSPS) is 11.4. The van der Waals surface area contributed by atoms with E-state index in [1.165, 1.54) is 26.6 Å². The van der Waals surface area contributed by atoms with E-state index < -0.39 is 7.26 Å². The summed E-state index contributed by atoms with van der Waals surface area (Å²) in [6.45, 7) is 0. The summed E-state index contributed by atoms with van der Waals surface area (Å²) in [5, 5.41) is 7.74. The lowest BCUT2D eigenvalue weighted by Crippen LogP contribution is -2.38. The molecule has 0 saturated carbocycles. The van der Waals surface area contributed by atoms with Gasteiger partial charge in [-0.2, -0.15) is 0 Å². The van der Waals surface area contributed by atoms with E-state index in [-0.39, 0.29) is 0 Å². The molecule has 1 nitrogen and oxygen atoms in total. The van der Waals surface area contributed by atoms with Gasteiger partial charge in [-0.25, -0.2) is 0 Å². The van der Waals surface area contributed by atoms with Crippen LogP contribution in [0.3, 0.4) is 0 Å². The molecule has 0 bridgehead atoms. The van der Waals surface area contributed by atoms with E-state index in [9.17, 15) is 0 Å². The highest BCUT2D eigenvalue weighted by Gasteiger charge is 2.47. The summed E-state index contributed by atoms with van der Waals surface area (Å²) in [4.78, 5) is 4.83. The molecule has 1 heterocycles. The first-order valence-corrected chi connectivity index (χ1v) is 13.7. The monoisotopic (exact) mass is 466 g/mol. The van der Waals surface area contributed by atoms with Crippen LogP contribution in [0.25, 0.3) is 22.0 Å². The van der Waals surface area contributed by atoms with Crippen LogP contribution in [0, 0.1) is 0 Å². The SMILES string of the molecule is c1ccc([P+](c2ccccc2)(c2ccccc2)c2cccc(-c3cc4ccccc4cn3)c2)cc1. The Bertz CT molecular complexity index is 1480. The van der Waals surface area contributed by atoms with E-state index in [0.717, 1.165) is 16.6 Å². The Morgan fingerprint density at radius 2 is 0.886 bits per heavy atom. The van der Waals surface area contributed by atoms with Gasteiger partial charge in [0.15, 0.2) is 0 Å². The zero-order valence-corrected chi connectivity index (χ0v) is 20.2. The van der Waals surface area contributed by atoms with Gasteiger partial charge < -0.3 is 0 Å². The predicted molar refractivity (Wildman–Crippen MR) is 152 cm³/mol. The van der Waals surface area contributed by atoms with Gasteiger partial charge >= 0.3 is 0 Å². The van der Waals surface area contributed by atoms with Gasteiger partial charge in [-0.15, -0.1) is 0 Å². The van der Waals surface area contributed by atoms with E-state index >= 15 is 0 Å². The van der Waals surface area contributed by atoms with Crippen molar-refractivity contribution in [1.82, 2.24) is 4.98 Å². The van der Waals surface area contributed by atoms with E-state index in [1.807, 2.05) is 6.20 Å². The van der Waals surface area contributed by atoms with Crippen molar-refractivity contribution in [1.29, 1.82) is 0 Å². The Balaban J connectivity index is 1.64. The molecule has 0 unspecified atom stereocenters. The molecular formula is C33H25NP+. The van der Waals surface area contributed by atoms with Gasteiger partial charge in [0.25, 0.3) is 0 Å². The molecule has 2 heteroatoms. The summed E-state index contributed by atoms with van der Waals surface area (Å²) >= 11 is 0. The van der Waals surface area contributed by atoms with Crippen molar-refractivity contribution in [3.63, 3.8) is 0 Å². The van der Waals surface area contributed by atoms with E-state index in [0.29, 0.717) is 0 Å². The first-order valence-electron chi connectivity index (χ1n) is 11.9. The van der Waals surface area contributed by atoms with Gasteiger partial charge in [0, 0.05) is 17.1 Å². The highest BCUT2D eigenvalue weighted by molar-refractivity contribution is 8.01. The average molecular weight is 467 g/mol. The van der Waals surface area contributed by atoms with Gasteiger partial charge in [-0.1, -0.05) is 91.0 Å². The van der Waals surface area contributed by atoms with Crippen LogP contribution < -0.4 is 21.2 Å². The molecule has 0 aliphatic rings. The third kappa shape index (κ3) is 3.85. The zero-order valence-electron chi connectivity index (χ0n) is 19.3. The van der Waals surface area contributed by atoms with E-state index in [2.05, 4.69) is 146 Å². The highest BCUT2D eigenvalue weighted by Crippen LogP contribution is 2.54. The molecule has 0 spiro atoms. The molecule has 166 valence electrons. The van der Waals surface area contributed by atoms with Crippen LogP contribution in [0.4, 0.5) is 0 Å². The summed E-state index contributed by atoms with van der Waals surface area (Å²) in [5.41, 5.74) is 2.14. The van der Waals surface area contributed by atoms with Crippen molar-refractivity contribution in [3.05, 3.63) is 152 Å². The van der Waals surface area contributed by atoms with Gasteiger partial charge in [0.2, 0.25) is 0 Å². The zero-order chi connectivity index (χ0) is 23.5. The average Bonchev–Trinajstić information content (AvgIpc) is 2.95. The Hall–Kier alpha value is -4.06. The molecule has 6 aromatic rings. The molecule has 0 aliphatic heterocycles. The molecule has 0 amide bonds. The summed E-state index contributed by atoms with van der Waals surface area (Å²) in [7, 11) is -2.13. The van der Waals surface area contributed by atoms with Crippen LogP contribution in [-0.2, 0) is 0 Å². The van der Waals surface area contributed by atoms with Crippen molar-refractivity contribution in [2.24, 2.45) is 0 Å². The van der Waals surface area contributed by atoms with Crippen molar-refractivity contribution in [3.8, 4) is 11.3 Å². The van der Waals surface area contributed by atoms with Gasteiger partial charge in [-0.3, -0.25) is 4.98 Å². The van der Waals surface area contributed by atoms with Crippen LogP contribution in [-0.4, -0.2) is 4.98 Å². The van der Waals surface area contributed by atoms with Crippen LogP contribution in [0.1, 0.15) is 0 Å². The van der Waals surface area contributed by atoms with Crippen molar-refractivity contribution in [2.45, 2.75) is 0 Å². The number of aromatic nitrogens is 1. The third-order valence-corrected chi connectivity index (χ3v) is 10.9. The van der Waals surface area contributed by atoms with Crippen molar-refractivity contribution >= 4 is 39.3 Å². The summed E-state index contributed by atoms with van der Waals surface area (Å²) in [5.74, 6) is 0. The molecule has 0 N–H and O–H groups in total. The fourth-order valence-electron chi connectivity index (χ4n) is 4.96. The first-order chi connectivity index (χ1) is 17.4. The maximum Gasteiger partial charge on any atom is 0.144 e. The maximum atomic E-state index is 4.83. The molecule has 5 aromatic carbocycles. The predicted octanol–water partition coefficient (Wildman–Crippen LogP) is 6.52. The summed E-state index contributed by atoms with van der Waals surface area (Å²) < 4.78 is 0. The number of hydrogen-bond donors (Lipinski definition) is 0. The number of hydrogen-bond acceptors (Lipinski definition) is 1. The Morgan fingerprint density at radius 1 is 0.400 bits per heavy atom. The second kappa shape index (κ2) is 9.29. The number of rotatable bonds is 5. The number of benzene rings is 5. The second-order valence-corrected chi connectivity index (χ2v) is 12.1. The number of pyridine rings is 1. The molecule has 35 heavy (non-hydrogen) atoms. The maximum absolute atomic E-state index is 4.83. The largest absolute Gasteiger partial charge is 0.256 e. The summed E-state index contributed by atoms with van der Waals surface area (Å²) in [6, 6.07) is 52.6. The second-order valence-electron chi connectivity index (χ2n) is 8.64. The van der Waals surface area contributed by atoms with E-state index in [1.54, 1.807) is 0 Å². The van der Waals surface area contributed by atoms with Gasteiger partial charge in [0.05, 0.1) is 5.69 Å². The van der Waals surface area contributed by atoms with E-state index in [4.69, 9.17) is 4.98 Å². The van der Waals surface area contributed by atoms with Crippen LogP contribution in [0.5, 0.6) is 0 Å². The summed E-state index contributed by atoms with van der Waals surface area (Å²) in [6.07, 6.45) is 1.98. The topological polar surface area (TPSA) is 12.9 Å². The standard InChI is InChI=1S/C33H25NP/c1-4-16-29(17-5-1)35(30-18-6-2-7-19-30,31-20-8-3-9-21-31)32-22-12-15-27(23-32)33-24-26-13-10-11-14-28(26)25-34-33/h1-25H/q+1. The molecule has 0 radical (unpaired) electrons. The molecular weight excluding hydrogens is 441 g/mol. The number of fused-ring (bicyclic) bond motifs is 1. The lowest BCUT2D eigenvalue weighted by atomic mass is 10.1. The quantitative estimate of drug-likeness (QED) is 0.264. The van der Waals surface area contributed by atoms with Gasteiger partial charge in [0.1, 0.15) is 28.5 Å². The Morgan fingerprint density at radius 3 is 1.46 bits per heavy atom. The van der Waals surface area contributed by atoms with Gasteiger partial charge in [-0.05, 0) is 60.0 Å². The molecule has 0 atom stereocenters. The molecule has 0 saturated heterocycles. The lowest BCUT2D eigenvalue weighted by Gasteiger charge is -2.28. The third-order valence-electron chi connectivity index (χ3n) is 6.59. The lowest BCUT2D eigenvalue weighted by molar-refractivity contribution is 1.36. The fraction of sp³-hybridized carbons (Fsp3) is 0. The smallest absolute Gasteiger partial charge is 0.144 e. The van der Waals surface area contributed by atoms with Crippen LogP contribution >= 0.6 is 7.26 Å². The van der Waals surface area contributed by atoms with Crippen molar-refractivity contribution in [2.75, 3.05) is 0 Å². The molecule has 1 aromatic heterocycles.